The van der Waals surface area contributed by atoms with Gasteiger partial charge in [-0.3, -0.25) is 4.79 Å². The smallest absolute Gasteiger partial charge is 0.344 e. The first-order chi connectivity index (χ1) is 16.8. The van der Waals surface area contributed by atoms with Crippen molar-refractivity contribution in [2.45, 2.75) is 26.4 Å². The lowest BCUT2D eigenvalue weighted by Crippen LogP contribution is -2.36. The topological polar surface area (TPSA) is 89.8 Å². The van der Waals surface area contributed by atoms with E-state index in [0.717, 1.165) is 10.9 Å². The van der Waals surface area contributed by atoms with Gasteiger partial charge >= 0.3 is 5.97 Å². The summed E-state index contributed by atoms with van der Waals surface area (Å²) >= 11 is 0. The molecule has 4 rings (SSSR count). The minimum absolute atomic E-state index is 0.131. The zero-order valence-electron chi connectivity index (χ0n) is 20.2. The summed E-state index contributed by atoms with van der Waals surface area (Å²) in [7, 11) is 1.58. The first-order valence-corrected chi connectivity index (χ1v) is 11.3. The van der Waals surface area contributed by atoms with E-state index in [1.54, 1.807) is 48.9 Å². The molecule has 0 spiro atoms. The van der Waals surface area contributed by atoms with Crippen LogP contribution in [0.3, 0.4) is 0 Å². The fourth-order valence-electron chi connectivity index (χ4n) is 4.31. The summed E-state index contributed by atoms with van der Waals surface area (Å²) in [5.41, 5.74) is 1.46. The van der Waals surface area contributed by atoms with Crippen molar-refractivity contribution in [3.63, 3.8) is 0 Å². The Labute approximate surface area is 203 Å². The molecule has 0 fully saturated rings. The average molecular weight is 473 g/mol. The van der Waals surface area contributed by atoms with Crippen molar-refractivity contribution < 1.29 is 24.2 Å². The van der Waals surface area contributed by atoms with Crippen LogP contribution in [-0.2, 0) is 15.1 Å². The predicted molar refractivity (Wildman–Crippen MR) is 135 cm³/mol. The highest BCUT2D eigenvalue weighted by atomic mass is 16.5. The number of esters is 1. The molecule has 4 aromatic rings. The van der Waals surface area contributed by atoms with Crippen molar-refractivity contribution in [3.8, 4) is 11.4 Å². The van der Waals surface area contributed by atoms with Crippen LogP contribution in [0.25, 0.3) is 16.6 Å². The molecule has 0 aliphatic heterocycles. The summed E-state index contributed by atoms with van der Waals surface area (Å²) in [5.74, 6) is -0.387. The third-order valence-electron chi connectivity index (χ3n) is 5.99. The van der Waals surface area contributed by atoms with Gasteiger partial charge in [0.1, 0.15) is 5.75 Å². The number of aliphatic hydroxyl groups is 1. The van der Waals surface area contributed by atoms with Crippen LogP contribution in [0, 0.1) is 6.92 Å². The molecule has 1 atom stereocenters. The lowest BCUT2D eigenvalue weighted by molar-refractivity contribution is -0.164. The summed E-state index contributed by atoms with van der Waals surface area (Å²) in [5, 5.41) is 15.2. The number of nitrogens with zero attached hydrogens (tertiary/aromatic N) is 1. The third kappa shape index (κ3) is 4.38. The van der Waals surface area contributed by atoms with Gasteiger partial charge in [0, 0.05) is 10.9 Å². The number of para-hydroxylation sites is 2. The summed E-state index contributed by atoms with van der Waals surface area (Å²) in [6.45, 7) is 5.08. The zero-order valence-corrected chi connectivity index (χ0v) is 20.2. The van der Waals surface area contributed by atoms with Crippen LogP contribution in [0.5, 0.6) is 5.75 Å². The second-order valence-corrected chi connectivity index (χ2v) is 8.32. The Bertz CT molecular complexity index is 1390. The Morgan fingerprint density at radius 2 is 1.71 bits per heavy atom. The van der Waals surface area contributed by atoms with Crippen molar-refractivity contribution in [3.05, 3.63) is 89.6 Å². The number of ether oxygens (including phenoxy) is 2. The molecule has 1 unspecified atom stereocenters. The second-order valence-electron chi connectivity index (χ2n) is 8.32. The molecule has 0 saturated heterocycles. The number of anilines is 1. The number of hydrogen-bond donors (Lipinski definition) is 2. The van der Waals surface area contributed by atoms with Crippen LogP contribution in [0.1, 0.15) is 35.5 Å². The minimum Gasteiger partial charge on any atom is -0.497 e. The molecule has 1 heterocycles. The normalized spacial score (nSPS) is 12.7. The van der Waals surface area contributed by atoms with E-state index in [0.29, 0.717) is 33.9 Å². The number of hydrogen-bond acceptors (Lipinski definition) is 5. The Morgan fingerprint density at radius 3 is 2.40 bits per heavy atom. The Balaban J connectivity index is 1.96. The molecule has 180 valence electrons. The Hall–Kier alpha value is -4.10. The van der Waals surface area contributed by atoms with E-state index in [1.165, 1.54) is 6.92 Å². The first kappa shape index (κ1) is 24.0. The molecule has 2 N–H and O–H groups in total. The summed E-state index contributed by atoms with van der Waals surface area (Å²) in [6, 6.07) is 21.7. The number of methoxy groups -OCH3 is 1. The number of aryl methyl sites for hydroxylation is 1. The van der Waals surface area contributed by atoms with E-state index < -0.39 is 11.6 Å². The predicted octanol–water partition coefficient (Wildman–Crippen LogP) is 4.97. The molecule has 0 aliphatic rings. The van der Waals surface area contributed by atoms with Gasteiger partial charge in [-0.15, -0.1) is 0 Å². The molecule has 35 heavy (non-hydrogen) atoms. The van der Waals surface area contributed by atoms with Crippen LogP contribution in [0.15, 0.2) is 72.8 Å². The molecular weight excluding hydrogens is 444 g/mol. The molecule has 0 bridgehead atoms. The minimum atomic E-state index is -1.96. The molecule has 7 heteroatoms. The van der Waals surface area contributed by atoms with Crippen LogP contribution in [0.4, 0.5) is 5.69 Å². The van der Waals surface area contributed by atoms with Gasteiger partial charge in [-0.1, -0.05) is 30.3 Å². The van der Waals surface area contributed by atoms with Gasteiger partial charge in [0.2, 0.25) is 0 Å². The van der Waals surface area contributed by atoms with Gasteiger partial charge in [0.05, 0.1) is 36.3 Å². The number of benzene rings is 3. The molecule has 1 aromatic heterocycles. The zero-order chi connectivity index (χ0) is 25.2. The van der Waals surface area contributed by atoms with E-state index in [2.05, 4.69) is 5.32 Å². The fourth-order valence-corrected chi connectivity index (χ4v) is 4.31. The van der Waals surface area contributed by atoms with Crippen molar-refractivity contribution in [2.75, 3.05) is 19.0 Å². The van der Waals surface area contributed by atoms with Gasteiger partial charge in [-0.05, 0) is 68.8 Å². The lowest BCUT2D eigenvalue weighted by Gasteiger charge is -2.25. The molecule has 0 radical (unpaired) electrons. The van der Waals surface area contributed by atoms with Gasteiger partial charge in [-0.2, -0.15) is 0 Å². The SMILES string of the molecule is CCOC(=O)C(C)(O)c1c(C)c2cc(OC)ccc2n1-c1ccccc1NC(=O)c1ccccc1. The highest BCUT2D eigenvalue weighted by molar-refractivity contribution is 6.05. The number of amides is 1. The van der Waals surface area contributed by atoms with Crippen molar-refractivity contribution in [2.24, 2.45) is 0 Å². The van der Waals surface area contributed by atoms with E-state index >= 15 is 0 Å². The highest BCUT2D eigenvalue weighted by Gasteiger charge is 2.40. The largest absolute Gasteiger partial charge is 0.497 e. The van der Waals surface area contributed by atoms with Gasteiger partial charge in [0.25, 0.3) is 5.91 Å². The Kier molecular flexibility index (Phi) is 6.62. The maximum atomic E-state index is 13.0. The van der Waals surface area contributed by atoms with E-state index in [9.17, 15) is 14.7 Å². The first-order valence-electron chi connectivity index (χ1n) is 11.3. The van der Waals surface area contributed by atoms with Crippen LogP contribution < -0.4 is 10.1 Å². The number of carbonyl (C=O) groups is 2. The maximum Gasteiger partial charge on any atom is 0.344 e. The molecule has 0 aliphatic carbocycles. The molecule has 0 saturated carbocycles. The highest BCUT2D eigenvalue weighted by Crippen LogP contribution is 2.39. The third-order valence-corrected chi connectivity index (χ3v) is 5.99. The second kappa shape index (κ2) is 9.64. The number of fused-ring (bicyclic) bond motifs is 1. The van der Waals surface area contributed by atoms with Crippen LogP contribution >= 0.6 is 0 Å². The lowest BCUT2D eigenvalue weighted by atomic mass is 9.97. The van der Waals surface area contributed by atoms with Gasteiger partial charge in [0.15, 0.2) is 5.60 Å². The monoisotopic (exact) mass is 472 g/mol. The average Bonchev–Trinajstić information content (AvgIpc) is 3.17. The Morgan fingerprint density at radius 1 is 1.03 bits per heavy atom. The van der Waals surface area contributed by atoms with Crippen molar-refractivity contribution in [1.29, 1.82) is 0 Å². The standard InChI is InChI=1S/C28H28N2O5/c1-5-35-27(32)28(3,33)25-18(2)21-17-20(34-4)15-16-23(21)30(25)24-14-10-9-13-22(24)29-26(31)19-11-7-6-8-12-19/h6-17,33H,5H2,1-4H3,(H,29,31). The van der Waals surface area contributed by atoms with Crippen LogP contribution in [-0.4, -0.2) is 35.3 Å². The van der Waals surface area contributed by atoms with Crippen molar-refractivity contribution >= 4 is 28.5 Å². The summed E-state index contributed by atoms with van der Waals surface area (Å²) in [6.07, 6.45) is 0. The van der Waals surface area contributed by atoms with Gasteiger partial charge in [-0.25, -0.2) is 4.79 Å². The van der Waals surface area contributed by atoms with Gasteiger partial charge < -0.3 is 24.5 Å². The number of carbonyl (C=O) groups excluding carboxylic acids is 2. The van der Waals surface area contributed by atoms with Crippen molar-refractivity contribution in [1.82, 2.24) is 4.57 Å². The molecule has 7 nitrogen and oxygen atoms in total. The molecular formula is C28H28N2O5. The van der Waals surface area contributed by atoms with E-state index in [1.807, 2.05) is 49.4 Å². The summed E-state index contributed by atoms with van der Waals surface area (Å²) < 4.78 is 12.4. The number of nitrogens with one attached hydrogen (secondary N) is 1. The van der Waals surface area contributed by atoms with Crippen LogP contribution in [0.2, 0.25) is 0 Å². The fraction of sp³-hybridized carbons (Fsp3) is 0.214. The molecule has 1 amide bonds. The number of rotatable bonds is 7. The maximum absolute atomic E-state index is 13.0. The van der Waals surface area contributed by atoms with E-state index in [-0.39, 0.29) is 12.5 Å². The number of aromatic nitrogens is 1. The molecule has 3 aromatic carbocycles. The summed E-state index contributed by atoms with van der Waals surface area (Å²) in [4.78, 5) is 25.8. The van der Waals surface area contributed by atoms with E-state index in [4.69, 9.17) is 9.47 Å². The quantitative estimate of drug-likeness (QED) is 0.371.